The van der Waals surface area contributed by atoms with Gasteiger partial charge in [-0.3, -0.25) is 5.41 Å². The van der Waals surface area contributed by atoms with Crippen LogP contribution in [0.15, 0.2) is 54.6 Å². The van der Waals surface area contributed by atoms with Gasteiger partial charge in [0.15, 0.2) is 5.41 Å². The molecular weight excluding hydrogens is 392 g/mol. The standard InChI is InChI=1S/C24H20N4O3/c1-3-29-19-12-8-7-11-18(19)20-22(13-25,14-26)23(15-27)16(2)24(30-20,31-21(23)28)17-9-5-4-6-10-17/h4-12,16,20,28H,3H2,1-2H3. The Morgan fingerprint density at radius 2 is 1.65 bits per heavy atom. The van der Waals surface area contributed by atoms with Crippen molar-refractivity contribution < 1.29 is 14.2 Å². The molecule has 2 heterocycles. The number of hydrogen-bond acceptors (Lipinski definition) is 7. The SMILES string of the molecule is CCOc1ccccc1C1OC2(c3ccccc3)OC(=N)C(C#N)(C2C)C1(C#N)C#N. The Labute approximate surface area is 180 Å². The Hall–Kier alpha value is -3.86. The van der Waals surface area contributed by atoms with E-state index < -0.39 is 34.5 Å². The van der Waals surface area contributed by atoms with Crippen molar-refractivity contribution in [2.45, 2.75) is 25.7 Å². The molecule has 7 nitrogen and oxygen atoms in total. The molecule has 1 N–H and O–H groups in total. The zero-order valence-corrected chi connectivity index (χ0v) is 17.1. The minimum Gasteiger partial charge on any atom is -0.493 e. The number of para-hydroxylation sites is 1. The molecule has 154 valence electrons. The summed E-state index contributed by atoms with van der Waals surface area (Å²) in [5.41, 5.74) is -2.81. The molecule has 2 bridgehead atoms. The van der Waals surface area contributed by atoms with E-state index in [0.29, 0.717) is 23.5 Å². The number of nitrogens with zero attached hydrogens (tertiary/aromatic N) is 3. The third-order valence-electron chi connectivity index (χ3n) is 6.35. The van der Waals surface area contributed by atoms with Crippen LogP contribution in [0.5, 0.6) is 5.75 Å². The molecular formula is C24H20N4O3. The molecule has 0 spiro atoms. The first-order valence-corrected chi connectivity index (χ1v) is 9.94. The van der Waals surface area contributed by atoms with E-state index in [4.69, 9.17) is 19.6 Å². The molecule has 2 aromatic carbocycles. The number of nitriles is 3. The van der Waals surface area contributed by atoms with Crippen molar-refractivity contribution >= 4 is 5.90 Å². The van der Waals surface area contributed by atoms with Gasteiger partial charge >= 0.3 is 0 Å². The van der Waals surface area contributed by atoms with Gasteiger partial charge in [0.1, 0.15) is 11.9 Å². The number of rotatable bonds is 4. The molecule has 4 unspecified atom stereocenters. The summed E-state index contributed by atoms with van der Waals surface area (Å²) in [4.78, 5) is 0. The van der Waals surface area contributed by atoms with Gasteiger partial charge in [-0.15, -0.1) is 0 Å². The second kappa shape index (κ2) is 7.13. The predicted octanol–water partition coefficient (Wildman–Crippen LogP) is 4.20. The highest BCUT2D eigenvalue weighted by atomic mass is 16.7. The molecule has 0 radical (unpaired) electrons. The quantitative estimate of drug-likeness (QED) is 0.803. The number of hydrogen-bond donors (Lipinski definition) is 1. The van der Waals surface area contributed by atoms with E-state index in [1.807, 2.05) is 25.1 Å². The molecule has 2 aromatic rings. The Kier molecular flexibility index (Phi) is 4.69. The first kappa shape index (κ1) is 20.4. The van der Waals surface area contributed by atoms with Crippen molar-refractivity contribution in [3.63, 3.8) is 0 Å². The highest BCUT2D eigenvalue weighted by Crippen LogP contribution is 2.69. The second-order valence-electron chi connectivity index (χ2n) is 7.61. The Balaban J connectivity index is 2.05. The van der Waals surface area contributed by atoms with Crippen molar-refractivity contribution in [1.29, 1.82) is 21.2 Å². The molecule has 0 aromatic heterocycles. The van der Waals surface area contributed by atoms with Gasteiger partial charge in [0.2, 0.25) is 17.1 Å². The fraction of sp³-hybridized carbons (Fsp3) is 0.333. The van der Waals surface area contributed by atoms with E-state index in [1.165, 1.54) is 0 Å². The third kappa shape index (κ3) is 2.37. The lowest BCUT2D eigenvalue weighted by Gasteiger charge is -2.49. The first-order valence-electron chi connectivity index (χ1n) is 9.94. The minimum absolute atomic E-state index is 0.367. The van der Waals surface area contributed by atoms with Gasteiger partial charge < -0.3 is 14.2 Å². The lowest BCUT2D eigenvalue weighted by atomic mass is 9.53. The summed E-state index contributed by atoms with van der Waals surface area (Å²) in [7, 11) is 0. The van der Waals surface area contributed by atoms with Gasteiger partial charge in [-0.05, 0) is 13.0 Å². The molecule has 7 heteroatoms. The number of fused-ring (bicyclic) bond motifs is 2. The van der Waals surface area contributed by atoms with E-state index in [1.54, 1.807) is 55.5 Å². The maximum absolute atomic E-state index is 10.3. The maximum Gasteiger partial charge on any atom is 0.244 e. The van der Waals surface area contributed by atoms with Crippen LogP contribution in [0.2, 0.25) is 0 Å². The van der Waals surface area contributed by atoms with Crippen molar-refractivity contribution in [1.82, 2.24) is 0 Å². The highest BCUT2D eigenvalue weighted by molar-refractivity contribution is 5.89. The normalized spacial score (nSPS) is 30.4. The average Bonchev–Trinajstić information content (AvgIpc) is 2.97. The Bertz CT molecular complexity index is 1150. The molecule has 0 amide bonds. The summed E-state index contributed by atoms with van der Waals surface area (Å²) >= 11 is 0. The van der Waals surface area contributed by atoms with Crippen LogP contribution in [0.25, 0.3) is 0 Å². The molecule has 2 aliphatic heterocycles. The van der Waals surface area contributed by atoms with E-state index in [9.17, 15) is 15.8 Å². The predicted molar refractivity (Wildman–Crippen MR) is 109 cm³/mol. The zero-order valence-electron chi connectivity index (χ0n) is 17.1. The van der Waals surface area contributed by atoms with Gasteiger partial charge in [0.05, 0.1) is 30.7 Å². The Morgan fingerprint density at radius 3 is 2.26 bits per heavy atom. The van der Waals surface area contributed by atoms with Gasteiger partial charge in [0, 0.05) is 11.1 Å². The van der Waals surface area contributed by atoms with Crippen LogP contribution < -0.4 is 4.74 Å². The van der Waals surface area contributed by atoms with Crippen LogP contribution in [-0.4, -0.2) is 12.5 Å². The lowest BCUT2D eigenvalue weighted by molar-refractivity contribution is -0.288. The molecule has 2 fully saturated rings. The van der Waals surface area contributed by atoms with E-state index in [0.717, 1.165) is 0 Å². The van der Waals surface area contributed by atoms with Gasteiger partial charge in [-0.25, -0.2) is 0 Å². The minimum atomic E-state index is -2.03. The van der Waals surface area contributed by atoms with Crippen LogP contribution >= 0.6 is 0 Å². The smallest absolute Gasteiger partial charge is 0.244 e. The molecule has 0 saturated carbocycles. The molecule has 2 aliphatic rings. The van der Waals surface area contributed by atoms with Crippen LogP contribution in [0.1, 0.15) is 31.1 Å². The van der Waals surface area contributed by atoms with Crippen LogP contribution in [0.4, 0.5) is 0 Å². The van der Waals surface area contributed by atoms with Gasteiger partial charge in [-0.2, -0.15) is 15.8 Å². The highest BCUT2D eigenvalue weighted by Gasteiger charge is 2.79. The van der Waals surface area contributed by atoms with E-state index in [2.05, 4.69) is 6.07 Å². The topological polar surface area (TPSA) is 123 Å². The van der Waals surface area contributed by atoms with Crippen molar-refractivity contribution in [2.75, 3.05) is 6.61 Å². The van der Waals surface area contributed by atoms with Crippen LogP contribution in [0.3, 0.4) is 0 Å². The number of nitrogens with one attached hydrogen (secondary N) is 1. The van der Waals surface area contributed by atoms with Crippen molar-refractivity contribution in [2.24, 2.45) is 16.7 Å². The van der Waals surface area contributed by atoms with Crippen molar-refractivity contribution in [3.8, 4) is 24.0 Å². The van der Waals surface area contributed by atoms with E-state index >= 15 is 0 Å². The summed E-state index contributed by atoms with van der Waals surface area (Å²) in [5, 5.41) is 39.6. The zero-order chi connectivity index (χ0) is 22.3. The molecule has 4 rings (SSSR count). The summed E-state index contributed by atoms with van der Waals surface area (Å²) < 4.78 is 18.2. The second-order valence-corrected chi connectivity index (χ2v) is 7.61. The molecule has 0 aliphatic carbocycles. The summed E-state index contributed by atoms with van der Waals surface area (Å²) in [5.74, 6) is -2.29. The molecule has 4 atom stereocenters. The van der Waals surface area contributed by atoms with Gasteiger partial charge in [0.25, 0.3) is 0 Å². The average molecular weight is 412 g/mol. The summed E-state index contributed by atoms with van der Waals surface area (Å²) in [6.07, 6.45) is -1.19. The summed E-state index contributed by atoms with van der Waals surface area (Å²) in [6.45, 7) is 3.88. The van der Waals surface area contributed by atoms with Crippen LogP contribution in [0, 0.1) is 56.2 Å². The monoisotopic (exact) mass is 412 g/mol. The third-order valence-corrected chi connectivity index (χ3v) is 6.35. The first-order chi connectivity index (χ1) is 15.0. The van der Waals surface area contributed by atoms with Crippen LogP contribution in [-0.2, 0) is 15.3 Å². The molecule has 2 saturated heterocycles. The Morgan fingerprint density at radius 1 is 1.00 bits per heavy atom. The van der Waals surface area contributed by atoms with E-state index in [-0.39, 0.29) is 0 Å². The number of ether oxygens (including phenoxy) is 3. The lowest BCUT2D eigenvalue weighted by Crippen LogP contribution is -2.57. The largest absolute Gasteiger partial charge is 0.493 e. The van der Waals surface area contributed by atoms with Crippen molar-refractivity contribution in [3.05, 3.63) is 65.7 Å². The summed E-state index contributed by atoms with van der Waals surface area (Å²) in [6, 6.07) is 22.2. The fourth-order valence-electron chi connectivity index (χ4n) is 4.80. The maximum atomic E-state index is 10.3. The fourth-order valence-corrected chi connectivity index (χ4v) is 4.80. The molecule has 31 heavy (non-hydrogen) atoms. The van der Waals surface area contributed by atoms with Gasteiger partial charge in [-0.1, -0.05) is 55.5 Å². The number of benzene rings is 2.